The van der Waals surface area contributed by atoms with Gasteiger partial charge < -0.3 is 18.9 Å². The lowest BCUT2D eigenvalue weighted by Gasteiger charge is -2.00. The highest BCUT2D eigenvalue weighted by atomic mass is 16.5. The van der Waals surface area contributed by atoms with E-state index in [2.05, 4.69) is 59.5 Å². The fraction of sp³-hybridized carbons (Fsp3) is 0.419. The number of allylic oxidation sites excluding steroid dienone is 3. The second kappa shape index (κ2) is 78.8. The van der Waals surface area contributed by atoms with Gasteiger partial charge in [-0.25, -0.2) is 0 Å². The first-order valence-corrected chi connectivity index (χ1v) is 24.6. The lowest BCUT2D eigenvalue weighted by molar-refractivity contribution is -0.144. The first-order chi connectivity index (χ1) is 34.6. The van der Waals surface area contributed by atoms with Gasteiger partial charge in [0.15, 0.2) is 11.6 Å². The van der Waals surface area contributed by atoms with Crippen LogP contribution >= 0.6 is 0 Å². The van der Waals surface area contributed by atoms with Gasteiger partial charge >= 0.3 is 11.9 Å². The number of rotatable bonds is 13. The number of hydrogen-bond donors (Lipinski definition) is 0. The van der Waals surface area contributed by atoms with E-state index in [1.165, 1.54) is 28.1 Å². The fourth-order valence-corrected chi connectivity index (χ4v) is 3.57. The summed E-state index contributed by atoms with van der Waals surface area (Å²) in [5.74, 6) is -0.952. The molecule has 0 saturated heterocycles. The van der Waals surface area contributed by atoms with Gasteiger partial charge in [-0.3, -0.25) is 28.8 Å². The Kier molecular flexibility index (Phi) is 93.6. The summed E-state index contributed by atoms with van der Waals surface area (Å²) in [5, 5.41) is 0. The van der Waals surface area contributed by atoms with Crippen molar-refractivity contribution >= 4 is 35.1 Å². The quantitative estimate of drug-likeness (QED) is 0.0550. The number of carbonyl (C=O) groups is 6. The standard InChI is InChI=1S/2C14H12O.2C5H8O3.3C4H8.2C2H6O.4C2H6/c2*15-14(13-9-5-2-6-10-13)11-12-7-3-1-4-8-12;2*1-4(6)3-5(7)8-2;3*1-3-4-2;2*1-3-2;4*1-2/h2*1-10H,11H2;2*3H2,1-2H3;3*3H,1,4H2,2H3;2*1-2H3;4*1-2H3. The molecule has 0 spiro atoms. The lowest BCUT2D eigenvalue weighted by Crippen LogP contribution is -2.05. The number of Topliss-reactive ketones (excluding diaryl/α,β-unsaturated/α-hetero) is 4. The van der Waals surface area contributed by atoms with Crippen molar-refractivity contribution in [1.29, 1.82) is 0 Å². The minimum absolute atomic E-state index is 0.115. The summed E-state index contributed by atoms with van der Waals surface area (Å²) in [6.07, 6.45) is 9.60. The first kappa shape index (κ1) is 85.5. The van der Waals surface area contributed by atoms with E-state index in [9.17, 15) is 28.8 Å². The second-order valence-corrected chi connectivity index (χ2v) is 12.7. The number of benzene rings is 4. The van der Waals surface area contributed by atoms with Crippen LogP contribution in [0, 0.1) is 0 Å². The van der Waals surface area contributed by atoms with Crippen LogP contribution in [0.4, 0.5) is 0 Å². The van der Waals surface area contributed by atoms with E-state index >= 15 is 0 Å². The minimum Gasteiger partial charge on any atom is -0.469 e. The molecule has 0 aliphatic heterocycles. The summed E-state index contributed by atoms with van der Waals surface area (Å²) in [7, 11) is 9.01. The van der Waals surface area contributed by atoms with Crippen LogP contribution < -0.4 is 0 Å². The van der Waals surface area contributed by atoms with Gasteiger partial charge in [0.25, 0.3) is 0 Å². The number of ketones is 4. The number of methoxy groups -OCH3 is 4. The summed E-state index contributed by atoms with van der Waals surface area (Å²) < 4.78 is 16.9. The molecule has 0 radical (unpaired) electrons. The van der Waals surface area contributed by atoms with Crippen LogP contribution in [0.2, 0.25) is 0 Å². The molecule has 0 aliphatic rings. The van der Waals surface area contributed by atoms with Gasteiger partial charge in [-0.15, -0.1) is 19.7 Å². The van der Waals surface area contributed by atoms with Crippen molar-refractivity contribution in [2.75, 3.05) is 42.7 Å². The van der Waals surface area contributed by atoms with E-state index in [0.29, 0.717) is 12.8 Å². The molecule has 4 rings (SSSR count). The van der Waals surface area contributed by atoms with Gasteiger partial charge in [0.05, 0.1) is 14.2 Å². The van der Waals surface area contributed by atoms with Crippen molar-refractivity contribution in [1.82, 2.24) is 0 Å². The Hall–Kier alpha value is -6.36. The molecule has 0 aromatic heterocycles. The van der Waals surface area contributed by atoms with E-state index in [0.717, 1.165) is 41.5 Å². The van der Waals surface area contributed by atoms with Crippen molar-refractivity contribution in [2.24, 2.45) is 0 Å². The number of hydrogen-bond acceptors (Lipinski definition) is 10. The molecule has 4 aromatic carbocycles. The van der Waals surface area contributed by atoms with Crippen LogP contribution in [0.15, 0.2) is 159 Å². The Morgan fingerprint density at radius 1 is 0.389 bits per heavy atom. The van der Waals surface area contributed by atoms with Crippen molar-refractivity contribution in [3.05, 3.63) is 182 Å². The highest BCUT2D eigenvalue weighted by Crippen LogP contribution is 2.08. The lowest BCUT2D eigenvalue weighted by atomic mass is 10.0. The summed E-state index contributed by atoms with van der Waals surface area (Å²) in [4.78, 5) is 64.2. The zero-order chi connectivity index (χ0) is 57.8. The minimum atomic E-state index is -0.475. The van der Waals surface area contributed by atoms with Gasteiger partial charge in [-0.2, -0.15) is 0 Å². The molecular weight excluding hydrogens is 905 g/mol. The van der Waals surface area contributed by atoms with Crippen molar-refractivity contribution in [2.45, 2.75) is 135 Å². The second-order valence-electron chi connectivity index (χ2n) is 12.7. The monoisotopic (exact) mass is 1000 g/mol. The van der Waals surface area contributed by atoms with E-state index < -0.39 is 11.9 Å². The van der Waals surface area contributed by atoms with Crippen LogP contribution in [0.3, 0.4) is 0 Å². The molecular formula is C62H100O10. The average molecular weight is 1010 g/mol. The highest BCUT2D eigenvalue weighted by molar-refractivity contribution is 5.98. The summed E-state index contributed by atoms with van der Waals surface area (Å²) in [6, 6.07) is 38.4. The molecule has 4 aromatic rings. The molecule has 0 saturated carbocycles. The van der Waals surface area contributed by atoms with Gasteiger partial charge in [0.2, 0.25) is 0 Å². The average Bonchev–Trinajstić information content (AvgIpc) is 3.42. The predicted molar refractivity (Wildman–Crippen MR) is 309 cm³/mol. The smallest absolute Gasteiger partial charge is 0.313 e. The van der Waals surface area contributed by atoms with Crippen LogP contribution in [0.1, 0.15) is 154 Å². The van der Waals surface area contributed by atoms with E-state index in [1.807, 2.05) is 195 Å². The Bertz CT molecular complexity index is 1600. The van der Waals surface area contributed by atoms with Gasteiger partial charge in [-0.05, 0) is 44.2 Å². The number of carbonyl (C=O) groups excluding carboxylic acids is 6. The molecule has 10 nitrogen and oxygen atoms in total. The third-order valence-electron chi connectivity index (χ3n) is 6.71. The Balaban J connectivity index is -0.0000000925. The highest BCUT2D eigenvalue weighted by Gasteiger charge is 2.06. The summed E-state index contributed by atoms with van der Waals surface area (Å²) >= 11 is 0. The first-order valence-electron chi connectivity index (χ1n) is 24.6. The third-order valence-corrected chi connectivity index (χ3v) is 6.71. The molecule has 0 atom stereocenters. The Morgan fingerprint density at radius 2 is 0.569 bits per heavy atom. The Morgan fingerprint density at radius 3 is 0.708 bits per heavy atom. The number of esters is 2. The van der Waals surface area contributed by atoms with Gasteiger partial charge in [-0.1, -0.05) is 216 Å². The molecule has 0 N–H and O–H groups in total. The summed E-state index contributed by atoms with van der Waals surface area (Å²) in [5.41, 5.74) is 3.68. The van der Waals surface area contributed by atoms with Crippen molar-refractivity contribution in [3.63, 3.8) is 0 Å². The fourth-order valence-electron chi connectivity index (χ4n) is 3.57. The molecule has 0 bridgehead atoms. The van der Waals surface area contributed by atoms with Gasteiger partial charge in [0.1, 0.15) is 24.4 Å². The molecule has 408 valence electrons. The molecule has 0 heterocycles. The molecule has 0 unspecified atom stereocenters. The largest absolute Gasteiger partial charge is 0.469 e. The number of ether oxygens (including phenoxy) is 4. The van der Waals surface area contributed by atoms with Crippen LogP contribution in [0.5, 0.6) is 0 Å². The van der Waals surface area contributed by atoms with Crippen LogP contribution in [-0.4, -0.2) is 77.7 Å². The van der Waals surface area contributed by atoms with E-state index in [1.54, 1.807) is 28.4 Å². The van der Waals surface area contributed by atoms with Crippen molar-refractivity contribution in [3.8, 4) is 0 Å². The Labute approximate surface area is 440 Å². The maximum absolute atomic E-state index is 11.8. The zero-order valence-corrected chi connectivity index (χ0v) is 48.4. The topological polar surface area (TPSA) is 139 Å². The normalized spacial score (nSPS) is 7.82. The van der Waals surface area contributed by atoms with E-state index in [4.69, 9.17) is 0 Å². The predicted octanol–water partition coefficient (Wildman–Crippen LogP) is 15.9. The molecule has 0 amide bonds. The van der Waals surface area contributed by atoms with Crippen molar-refractivity contribution < 1.29 is 47.7 Å². The molecule has 0 aliphatic carbocycles. The SMILES string of the molecule is C=CCC.C=CCC.C=CCC.CC.CC.CC.CC.COC.COC.COC(=O)CC(C)=O.COC(=O)CC(C)=O.O=C(Cc1ccccc1)c1ccccc1.O=C(Cc1ccccc1)c1ccccc1. The van der Waals surface area contributed by atoms with E-state index in [-0.39, 0.29) is 36.0 Å². The van der Waals surface area contributed by atoms with Crippen LogP contribution in [0.25, 0.3) is 0 Å². The summed E-state index contributed by atoms with van der Waals surface area (Å²) in [6.45, 7) is 35.3. The maximum atomic E-state index is 11.8. The maximum Gasteiger partial charge on any atom is 0.313 e. The zero-order valence-electron chi connectivity index (χ0n) is 48.4. The van der Waals surface area contributed by atoms with Crippen LogP contribution in [-0.2, 0) is 51.0 Å². The van der Waals surface area contributed by atoms with Gasteiger partial charge in [0, 0.05) is 52.4 Å². The third kappa shape index (κ3) is 77.8. The molecule has 10 heteroatoms. The molecule has 72 heavy (non-hydrogen) atoms. The molecule has 0 fully saturated rings.